The molecule has 0 radical (unpaired) electrons. The van der Waals surface area contributed by atoms with Gasteiger partial charge in [-0.05, 0) is 69.0 Å². The summed E-state index contributed by atoms with van der Waals surface area (Å²) in [5.41, 5.74) is 3.47. The van der Waals surface area contributed by atoms with Crippen LogP contribution in [0.3, 0.4) is 0 Å². The third-order valence-electron chi connectivity index (χ3n) is 7.58. The third kappa shape index (κ3) is 5.43. The fourth-order valence-corrected chi connectivity index (χ4v) is 5.53. The zero-order valence-electron chi connectivity index (χ0n) is 22.3. The number of carbonyl (C=O) groups is 1. The van der Waals surface area contributed by atoms with Gasteiger partial charge in [0.15, 0.2) is 0 Å². The summed E-state index contributed by atoms with van der Waals surface area (Å²) in [4.78, 5) is 28.7. The van der Waals surface area contributed by atoms with Crippen molar-refractivity contribution in [2.75, 3.05) is 29.9 Å². The highest BCUT2D eigenvalue weighted by Gasteiger charge is 2.22. The second-order valence-corrected chi connectivity index (χ2v) is 10.4. The van der Waals surface area contributed by atoms with Gasteiger partial charge in [0, 0.05) is 48.7 Å². The molecule has 0 aliphatic carbocycles. The van der Waals surface area contributed by atoms with E-state index >= 15 is 0 Å². The SMILES string of the molecule is Cc1ccc2c(N3CCCCCC3=O)cccc2c1Oc1ncccc1-c1ccnc(NC2CCCNC2)n1. The van der Waals surface area contributed by atoms with Crippen LogP contribution in [0.15, 0.2) is 60.9 Å². The van der Waals surface area contributed by atoms with E-state index in [2.05, 4.69) is 38.8 Å². The molecule has 2 N–H and O–H groups in total. The lowest BCUT2D eigenvalue weighted by Crippen LogP contribution is -2.38. The molecule has 2 aromatic carbocycles. The Morgan fingerprint density at radius 3 is 2.82 bits per heavy atom. The topological polar surface area (TPSA) is 92.3 Å². The number of carbonyl (C=O) groups excluding carboxylic acids is 1. The van der Waals surface area contributed by atoms with Crippen LogP contribution in [0, 0.1) is 6.92 Å². The van der Waals surface area contributed by atoms with Crippen molar-refractivity contribution in [2.24, 2.45) is 0 Å². The number of nitrogens with zero attached hydrogens (tertiary/aromatic N) is 4. The van der Waals surface area contributed by atoms with Gasteiger partial charge in [-0.25, -0.2) is 15.0 Å². The molecule has 1 amide bonds. The maximum absolute atomic E-state index is 12.9. The Morgan fingerprint density at radius 2 is 1.92 bits per heavy atom. The second kappa shape index (κ2) is 11.4. The van der Waals surface area contributed by atoms with Crippen LogP contribution in [0.1, 0.15) is 44.1 Å². The van der Waals surface area contributed by atoms with Gasteiger partial charge in [-0.3, -0.25) is 4.79 Å². The molecule has 1 unspecified atom stereocenters. The summed E-state index contributed by atoms with van der Waals surface area (Å²) in [5.74, 6) is 2.00. The zero-order valence-corrected chi connectivity index (χ0v) is 22.3. The summed E-state index contributed by atoms with van der Waals surface area (Å²) < 4.78 is 6.59. The van der Waals surface area contributed by atoms with Gasteiger partial charge in [0.2, 0.25) is 17.7 Å². The average Bonchev–Trinajstić information content (AvgIpc) is 3.19. The van der Waals surface area contributed by atoms with E-state index in [0.29, 0.717) is 24.3 Å². The number of amides is 1. The third-order valence-corrected chi connectivity index (χ3v) is 7.58. The Kier molecular flexibility index (Phi) is 7.36. The minimum Gasteiger partial charge on any atom is -0.437 e. The maximum Gasteiger partial charge on any atom is 0.228 e. The van der Waals surface area contributed by atoms with Crippen LogP contribution in [0.2, 0.25) is 0 Å². The van der Waals surface area contributed by atoms with Crippen molar-refractivity contribution in [3.8, 4) is 22.9 Å². The number of aromatic nitrogens is 3. The number of nitrogens with one attached hydrogen (secondary N) is 2. The van der Waals surface area contributed by atoms with Gasteiger partial charge in [-0.15, -0.1) is 0 Å². The first-order valence-electron chi connectivity index (χ1n) is 13.9. The number of piperidine rings is 1. The van der Waals surface area contributed by atoms with E-state index in [1.54, 1.807) is 12.4 Å². The number of rotatable bonds is 6. The number of ether oxygens (including phenoxy) is 1. The summed E-state index contributed by atoms with van der Waals surface area (Å²) in [6, 6.07) is 16.3. The lowest BCUT2D eigenvalue weighted by molar-refractivity contribution is -0.118. The average molecular weight is 523 g/mol. The Labute approximate surface area is 228 Å². The number of aryl methyl sites for hydroxylation is 1. The van der Waals surface area contributed by atoms with E-state index < -0.39 is 0 Å². The molecule has 4 aromatic rings. The van der Waals surface area contributed by atoms with Crippen molar-refractivity contribution in [1.29, 1.82) is 0 Å². The van der Waals surface area contributed by atoms with Crippen LogP contribution in [0.25, 0.3) is 22.0 Å². The molecule has 200 valence electrons. The molecule has 39 heavy (non-hydrogen) atoms. The minimum absolute atomic E-state index is 0.187. The molecule has 1 atom stereocenters. The summed E-state index contributed by atoms with van der Waals surface area (Å²) in [6.07, 6.45) is 9.37. The van der Waals surface area contributed by atoms with Gasteiger partial charge in [0.1, 0.15) is 5.75 Å². The van der Waals surface area contributed by atoms with Gasteiger partial charge in [0.05, 0.1) is 16.9 Å². The van der Waals surface area contributed by atoms with Crippen LogP contribution >= 0.6 is 0 Å². The van der Waals surface area contributed by atoms with E-state index in [1.807, 2.05) is 42.2 Å². The van der Waals surface area contributed by atoms with E-state index in [-0.39, 0.29) is 5.91 Å². The normalized spacial score (nSPS) is 18.1. The molecule has 4 heterocycles. The number of anilines is 2. The lowest BCUT2D eigenvalue weighted by Gasteiger charge is -2.24. The fourth-order valence-electron chi connectivity index (χ4n) is 5.53. The molecule has 8 nitrogen and oxygen atoms in total. The molecular formula is C31H34N6O2. The maximum atomic E-state index is 12.9. The predicted octanol–water partition coefficient (Wildman–Crippen LogP) is 5.86. The number of pyridine rings is 1. The van der Waals surface area contributed by atoms with Gasteiger partial charge in [0.25, 0.3) is 0 Å². The highest BCUT2D eigenvalue weighted by molar-refractivity contribution is 6.06. The standard InChI is InChI=1S/C31H34N6O2/c1-21-13-14-23-24(9-5-11-27(23)37-19-4-2-3-12-28(37)38)29(21)39-30-25(10-7-17-33-30)26-15-18-34-31(36-26)35-22-8-6-16-32-20-22/h5,7,9-11,13-15,17-18,22,32H,2-4,6,8,12,16,19-20H2,1H3,(H,34,35,36). The molecule has 2 saturated heterocycles. The quantitative estimate of drug-likeness (QED) is 0.327. The Bertz CT molecular complexity index is 1480. The van der Waals surface area contributed by atoms with Crippen LogP contribution in [0.4, 0.5) is 11.6 Å². The minimum atomic E-state index is 0.187. The van der Waals surface area contributed by atoms with Gasteiger partial charge < -0.3 is 20.3 Å². The second-order valence-electron chi connectivity index (χ2n) is 10.4. The molecular weight excluding hydrogens is 488 g/mol. The smallest absolute Gasteiger partial charge is 0.228 e. The van der Waals surface area contributed by atoms with Crippen LogP contribution < -0.4 is 20.3 Å². The molecule has 2 aliphatic heterocycles. The number of hydrogen-bond donors (Lipinski definition) is 2. The fraction of sp³-hybridized carbons (Fsp3) is 0.355. The van der Waals surface area contributed by atoms with E-state index in [1.165, 1.54) is 0 Å². The first-order chi connectivity index (χ1) is 19.2. The zero-order chi connectivity index (χ0) is 26.6. The van der Waals surface area contributed by atoms with Crippen LogP contribution in [-0.4, -0.2) is 46.5 Å². The first kappa shape index (κ1) is 25.2. The van der Waals surface area contributed by atoms with Gasteiger partial charge in [-0.2, -0.15) is 0 Å². The summed E-state index contributed by atoms with van der Waals surface area (Å²) in [6.45, 7) is 4.73. The molecule has 0 bridgehead atoms. The molecule has 0 spiro atoms. The van der Waals surface area contributed by atoms with E-state index in [4.69, 9.17) is 9.72 Å². The van der Waals surface area contributed by atoms with E-state index in [0.717, 1.165) is 90.8 Å². The van der Waals surface area contributed by atoms with Crippen molar-refractivity contribution in [2.45, 2.75) is 51.5 Å². The molecule has 6 rings (SSSR count). The summed E-state index contributed by atoms with van der Waals surface area (Å²) in [7, 11) is 0. The van der Waals surface area contributed by atoms with Crippen molar-refractivity contribution >= 4 is 28.3 Å². The molecule has 2 aromatic heterocycles. The Balaban J connectivity index is 1.35. The number of fused-ring (bicyclic) bond motifs is 1. The summed E-state index contributed by atoms with van der Waals surface area (Å²) >= 11 is 0. The van der Waals surface area contributed by atoms with Crippen molar-refractivity contribution in [3.63, 3.8) is 0 Å². The van der Waals surface area contributed by atoms with Crippen LogP contribution in [-0.2, 0) is 4.79 Å². The largest absolute Gasteiger partial charge is 0.437 e. The number of benzene rings is 2. The van der Waals surface area contributed by atoms with Gasteiger partial charge in [-0.1, -0.05) is 30.7 Å². The molecule has 2 fully saturated rings. The summed E-state index contributed by atoms with van der Waals surface area (Å²) in [5, 5.41) is 8.83. The molecule has 8 heteroatoms. The predicted molar refractivity (Wildman–Crippen MR) is 154 cm³/mol. The van der Waals surface area contributed by atoms with Gasteiger partial charge >= 0.3 is 0 Å². The van der Waals surface area contributed by atoms with E-state index in [9.17, 15) is 4.79 Å². The monoisotopic (exact) mass is 522 g/mol. The first-order valence-corrected chi connectivity index (χ1v) is 13.9. The van der Waals surface area contributed by atoms with Crippen LogP contribution in [0.5, 0.6) is 11.6 Å². The van der Waals surface area contributed by atoms with Crippen molar-refractivity contribution < 1.29 is 9.53 Å². The van der Waals surface area contributed by atoms with Crippen molar-refractivity contribution in [1.82, 2.24) is 20.3 Å². The Morgan fingerprint density at radius 1 is 0.974 bits per heavy atom. The Hall–Kier alpha value is -4.04. The lowest BCUT2D eigenvalue weighted by atomic mass is 10.0. The number of hydrogen-bond acceptors (Lipinski definition) is 7. The highest BCUT2D eigenvalue weighted by Crippen LogP contribution is 2.40. The molecule has 2 aliphatic rings. The van der Waals surface area contributed by atoms with Crippen molar-refractivity contribution in [3.05, 3.63) is 66.5 Å². The molecule has 0 saturated carbocycles. The highest BCUT2D eigenvalue weighted by atomic mass is 16.5.